The first-order valence-electron chi connectivity index (χ1n) is 4.40. The Bertz CT molecular complexity index is 305. The summed E-state index contributed by atoms with van der Waals surface area (Å²) in [5.41, 5.74) is 1.00. The van der Waals surface area contributed by atoms with Gasteiger partial charge in [-0.25, -0.2) is 9.78 Å². The molecule has 0 aliphatic rings. The van der Waals surface area contributed by atoms with Gasteiger partial charge in [0.05, 0.1) is 12.0 Å². The monoisotopic (exact) mass is 182 g/mol. The lowest BCUT2D eigenvalue weighted by molar-refractivity contribution is 0.0685. The molecule has 0 aliphatic heterocycles. The maximum absolute atomic E-state index is 10.8. The van der Waals surface area contributed by atoms with Crippen LogP contribution in [0.2, 0.25) is 0 Å². The number of aryl methyl sites for hydroxylation is 2. The molecule has 0 radical (unpaired) electrons. The Hall–Kier alpha value is -1.32. The van der Waals surface area contributed by atoms with Crippen LogP contribution < -0.4 is 0 Å². The molecule has 0 atom stereocenters. The zero-order chi connectivity index (χ0) is 9.84. The summed E-state index contributed by atoms with van der Waals surface area (Å²) in [6.45, 7) is 2.07. The molecule has 4 heteroatoms. The van der Waals surface area contributed by atoms with Crippen LogP contribution in [-0.4, -0.2) is 20.6 Å². The second-order valence-electron chi connectivity index (χ2n) is 3.06. The summed E-state index contributed by atoms with van der Waals surface area (Å²) < 4.78 is 1.55. The third-order valence-electron chi connectivity index (χ3n) is 1.98. The molecular weight excluding hydrogens is 168 g/mol. The number of rotatable bonds is 4. The molecule has 4 nitrogen and oxygen atoms in total. The summed E-state index contributed by atoms with van der Waals surface area (Å²) in [4.78, 5) is 14.9. The Balaban J connectivity index is 2.87. The Kier molecular flexibility index (Phi) is 3.06. The van der Waals surface area contributed by atoms with Gasteiger partial charge in [0.25, 0.3) is 0 Å². The molecule has 0 bridgehead atoms. The van der Waals surface area contributed by atoms with E-state index in [9.17, 15) is 4.79 Å². The van der Waals surface area contributed by atoms with E-state index >= 15 is 0 Å². The van der Waals surface area contributed by atoms with E-state index in [4.69, 9.17) is 5.11 Å². The van der Waals surface area contributed by atoms with Gasteiger partial charge >= 0.3 is 5.97 Å². The molecule has 0 saturated heterocycles. The Morgan fingerprint density at radius 1 is 1.69 bits per heavy atom. The number of carboxylic acids is 1. The van der Waals surface area contributed by atoms with Gasteiger partial charge in [0.2, 0.25) is 0 Å². The van der Waals surface area contributed by atoms with Gasteiger partial charge in [0, 0.05) is 7.05 Å². The minimum absolute atomic E-state index is 0.313. The van der Waals surface area contributed by atoms with Crippen molar-refractivity contribution in [3.05, 3.63) is 17.7 Å². The van der Waals surface area contributed by atoms with Crippen molar-refractivity contribution in [1.82, 2.24) is 9.55 Å². The standard InChI is InChI=1S/C9H14N2O2/c1-3-4-5-7-8(9(12)13)11(2)6-10-7/h6H,3-5H2,1-2H3,(H,12,13). The van der Waals surface area contributed by atoms with Crippen LogP contribution in [0.25, 0.3) is 0 Å². The number of carboxylic acid groups (broad SMARTS) is 1. The molecule has 0 amide bonds. The lowest BCUT2D eigenvalue weighted by Crippen LogP contribution is -2.07. The maximum Gasteiger partial charge on any atom is 0.354 e. The van der Waals surface area contributed by atoms with Gasteiger partial charge in [-0.1, -0.05) is 13.3 Å². The topological polar surface area (TPSA) is 55.1 Å². The average molecular weight is 182 g/mol. The Morgan fingerprint density at radius 3 is 2.92 bits per heavy atom. The van der Waals surface area contributed by atoms with Crippen LogP contribution in [-0.2, 0) is 13.5 Å². The number of unbranched alkanes of at least 4 members (excludes halogenated alkanes) is 1. The second-order valence-corrected chi connectivity index (χ2v) is 3.06. The van der Waals surface area contributed by atoms with E-state index in [2.05, 4.69) is 11.9 Å². The Morgan fingerprint density at radius 2 is 2.38 bits per heavy atom. The molecule has 1 heterocycles. The van der Waals surface area contributed by atoms with Crippen molar-refractivity contribution in [1.29, 1.82) is 0 Å². The van der Waals surface area contributed by atoms with Crippen molar-refractivity contribution in [2.45, 2.75) is 26.2 Å². The number of carbonyl (C=O) groups is 1. The molecule has 72 valence electrons. The lowest BCUT2D eigenvalue weighted by Gasteiger charge is -1.99. The number of hydrogen-bond acceptors (Lipinski definition) is 2. The second kappa shape index (κ2) is 4.07. The van der Waals surface area contributed by atoms with Crippen molar-refractivity contribution >= 4 is 5.97 Å². The number of hydrogen-bond donors (Lipinski definition) is 1. The van der Waals surface area contributed by atoms with E-state index in [1.807, 2.05) is 0 Å². The van der Waals surface area contributed by atoms with Gasteiger partial charge in [-0.3, -0.25) is 0 Å². The third-order valence-corrected chi connectivity index (χ3v) is 1.98. The number of aromatic carboxylic acids is 1. The lowest BCUT2D eigenvalue weighted by atomic mass is 10.2. The fraction of sp³-hybridized carbons (Fsp3) is 0.556. The smallest absolute Gasteiger partial charge is 0.354 e. The third kappa shape index (κ3) is 2.08. The van der Waals surface area contributed by atoms with Gasteiger partial charge < -0.3 is 9.67 Å². The first-order chi connectivity index (χ1) is 6.16. The molecular formula is C9H14N2O2. The molecule has 1 rings (SSSR count). The van der Waals surface area contributed by atoms with Gasteiger partial charge in [0.15, 0.2) is 0 Å². The van der Waals surface area contributed by atoms with Crippen molar-refractivity contribution in [3.63, 3.8) is 0 Å². The quantitative estimate of drug-likeness (QED) is 0.767. The van der Waals surface area contributed by atoms with Crippen molar-refractivity contribution in [3.8, 4) is 0 Å². The van der Waals surface area contributed by atoms with E-state index in [0.717, 1.165) is 19.3 Å². The van der Waals surface area contributed by atoms with Gasteiger partial charge in [-0.15, -0.1) is 0 Å². The summed E-state index contributed by atoms with van der Waals surface area (Å²) >= 11 is 0. The first kappa shape index (κ1) is 9.77. The minimum atomic E-state index is -0.897. The summed E-state index contributed by atoms with van der Waals surface area (Å²) in [6.07, 6.45) is 4.33. The molecule has 1 aromatic rings. The molecule has 1 N–H and O–H groups in total. The van der Waals surface area contributed by atoms with Crippen LogP contribution in [0.3, 0.4) is 0 Å². The predicted octanol–water partition coefficient (Wildman–Crippen LogP) is 1.46. The van der Waals surface area contributed by atoms with E-state index in [1.54, 1.807) is 17.9 Å². The van der Waals surface area contributed by atoms with Crippen molar-refractivity contribution in [2.75, 3.05) is 0 Å². The summed E-state index contributed by atoms with van der Waals surface area (Å²) in [6, 6.07) is 0. The van der Waals surface area contributed by atoms with Crippen molar-refractivity contribution in [2.24, 2.45) is 7.05 Å². The van der Waals surface area contributed by atoms with E-state index in [0.29, 0.717) is 11.4 Å². The molecule has 0 saturated carbocycles. The predicted molar refractivity (Wildman–Crippen MR) is 48.8 cm³/mol. The van der Waals surface area contributed by atoms with Crippen molar-refractivity contribution < 1.29 is 9.90 Å². The fourth-order valence-corrected chi connectivity index (χ4v) is 1.28. The normalized spacial score (nSPS) is 10.3. The highest BCUT2D eigenvalue weighted by Crippen LogP contribution is 2.09. The van der Waals surface area contributed by atoms with Crippen LogP contribution >= 0.6 is 0 Å². The van der Waals surface area contributed by atoms with Crippen LogP contribution in [0.1, 0.15) is 35.9 Å². The number of imidazole rings is 1. The minimum Gasteiger partial charge on any atom is -0.477 e. The van der Waals surface area contributed by atoms with Gasteiger partial charge in [-0.05, 0) is 12.8 Å². The van der Waals surface area contributed by atoms with Crippen LogP contribution in [0.5, 0.6) is 0 Å². The zero-order valence-corrected chi connectivity index (χ0v) is 7.95. The molecule has 13 heavy (non-hydrogen) atoms. The summed E-state index contributed by atoms with van der Waals surface area (Å²) in [5.74, 6) is -0.897. The SMILES string of the molecule is CCCCc1ncn(C)c1C(=O)O. The molecule has 0 spiro atoms. The maximum atomic E-state index is 10.8. The summed E-state index contributed by atoms with van der Waals surface area (Å²) in [5, 5.41) is 8.87. The largest absolute Gasteiger partial charge is 0.477 e. The molecule has 0 aliphatic carbocycles. The highest BCUT2D eigenvalue weighted by molar-refractivity contribution is 5.86. The Labute approximate surface area is 77.2 Å². The van der Waals surface area contributed by atoms with E-state index in [-0.39, 0.29) is 0 Å². The summed E-state index contributed by atoms with van der Waals surface area (Å²) in [7, 11) is 1.70. The molecule has 0 unspecified atom stereocenters. The molecule has 0 fully saturated rings. The highest BCUT2D eigenvalue weighted by atomic mass is 16.4. The van der Waals surface area contributed by atoms with Crippen LogP contribution in [0, 0.1) is 0 Å². The number of nitrogens with zero attached hydrogens (tertiary/aromatic N) is 2. The first-order valence-corrected chi connectivity index (χ1v) is 4.40. The average Bonchev–Trinajstić information content (AvgIpc) is 2.43. The highest BCUT2D eigenvalue weighted by Gasteiger charge is 2.14. The van der Waals surface area contributed by atoms with Gasteiger partial charge in [-0.2, -0.15) is 0 Å². The van der Waals surface area contributed by atoms with E-state index in [1.165, 1.54) is 0 Å². The van der Waals surface area contributed by atoms with E-state index < -0.39 is 5.97 Å². The van der Waals surface area contributed by atoms with Crippen LogP contribution in [0.15, 0.2) is 6.33 Å². The van der Waals surface area contributed by atoms with Gasteiger partial charge in [0.1, 0.15) is 5.69 Å². The van der Waals surface area contributed by atoms with Crippen LogP contribution in [0.4, 0.5) is 0 Å². The fourth-order valence-electron chi connectivity index (χ4n) is 1.28. The molecule has 0 aromatic carbocycles. The molecule has 1 aromatic heterocycles. The number of aromatic nitrogens is 2. The zero-order valence-electron chi connectivity index (χ0n) is 7.95.